The number of rotatable bonds is 1. The van der Waals surface area contributed by atoms with Crippen molar-refractivity contribution in [1.82, 2.24) is 5.01 Å². The van der Waals surface area contributed by atoms with Crippen LogP contribution in [0.2, 0.25) is 0 Å². The number of benzene rings is 3. The number of ether oxygens (including phenoxy) is 1. The number of hydrazone groups is 1. The molecule has 3 aromatic carbocycles. The minimum Gasteiger partial charge on any atom is -0.467 e. The lowest BCUT2D eigenvalue weighted by atomic mass is 9.93. The Morgan fingerprint density at radius 3 is 2.77 bits per heavy atom. The second-order valence-corrected chi connectivity index (χ2v) is 8.28. The van der Waals surface area contributed by atoms with Gasteiger partial charge >= 0.3 is 0 Å². The number of hydrogen-bond acceptors (Lipinski definition) is 3. The van der Waals surface area contributed by atoms with Gasteiger partial charge in [-0.1, -0.05) is 58.4 Å². The molecule has 3 nitrogen and oxygen atoms in total. The summed E-state index contributed by atoms with van der Waals surface area (Å²) in [6.07, 6.45) is 0.879. The third-order valence-electron chi connectivity index (χ3n) is 5.25. The maximum atomic E-state index is 6.26. The van der Waals surface area contributed by atoms with Crippen molar-refractivity contribution >= 4 is 32.4 Å². The molecule has 0 radical (unpaired) electrons. The van der Waals surface area contributed by atoms with Crippen molar-refractivity contribution in [2.45, 2.75) is 32.0 Å². The van der Waals surface area contributed by atoms with Gasteiger partial charge in [0.25, 0.3) is 0 Å². The van der Waals surface area contributed by atoms with Crippen molar-refractivity contribution in [1.29, 1.82) is 0 Å². The lowest BCUT2D eigenvalue weighted by Gasteiger charge is -2.43. The van der Waals surface area contributed by atoms with Crippen LogP contribution in [0.4, 0.5) is 0 Å². The maximum absolute atomic E-state index is 6.26. The van der Waals surface area contributed by atoms with E-state index in [1.807, 2.05) is 6.07 Å². The molecule has 1 unspecified atom stereocenters. The summed E-state index contributed by atoms with van der Waals surface area (Å²) in [6, 6.07) is 21.4. The van der Waals surface area contributed by atoms with E-state index in [9.17, 15) is 0 Å². The highest BCUT2D eigenvalue weighted by atomic mass is 79.9. The fraction of sp³-hybridized carbons (Fsp3) is 0.227. The van der Waals surface area contributed by atoms with Gasteiger partial charge < -0.3 is 4.74 Å². The summed E-state index contributed by atoms with van der Waals surface area (Å²) in [7, 11) is 0. The highest BCUT2D eigenvalue weighted by Crippen LogP contribution is 2.47. The van der Waals surface area contributed by atoms with E-state index in [1.165, 1.54) is 21.9 Å². The van der Waals surface area contributed by atoms with Crippen LogP contribution in [0.1, 0.15) is 37.4 Å². The largest absolute Gasteiger partial charge is 0.467 e. The van der Waals surface area contributed by atoms with Crippen LogP contribution >= 0.6 is 15.9 Å². The van der Waals surface area contributed by atoms with Gasteiger partial charge in [-0.2, -0.15) is 5.10 Å². The van der Waals surface area contributed by atoms with Crippen molar-refractivity contribution in [3.63, 3.8) is 0 Å². The number of fused-ring (bicyclic) bond motifs is 4. The van der Waals surface area contributed by atoms with Crippen LogP contribution in [0.3, 0.4) is 0 Å². The first-order valence-electron chi connectivity index (χ1n) is 8.86. The molecule has 0 bridgehead atoms. The number of halogens is 1. The zero-order chi connectivity index (χ0) is 17.9. The Morgan fingerprint density at radius 1 is 1.08 bits per heavy atom. The Hall–Kier alpha value is -2.33. The van der Waals surface area contributed by atoms with Crippen LogP contribution in [0.15, 0.2) is 70.2 Å². The maximum Gasteiger partial charge on any atom is 0.192 e. The van der Waals surface area contributed by atoms with E-state index in [1.54, 1.807) is 0 Å². The molecular weight excluding hydrogens is 388 g/mol. The van der Waals surface area contributed by atoms with Gasteiger partial charge in [-0.25, -0.2) is 5.01 Å². The van der Waals surface area contributed by atoms with Crippen molar-refractivity contribution in [3.05, 3.63) is 76.3 Å². The minimum absolute atomic E-state index is 0.195. The average Bonchev–Trinajstić information content (AvgIpc) is 3.09. The summed E-state index contributed by atoms with van der Waals surface area (Å²) in [5, 5.41) is 9.64. The molecule has 2 aliphatic heterocycles. The molecule has 0 spiro atoms. The summed E-state index contributed by atoms with van der Waals surface area (Å²) in [5.74, 6) is 0.953. The first-order valence-corrected chi connectivity index (χ1v) is 9.66. The standard InChI is InChI=1S/C22H19BrN2O/c1-22(2)25-20(18-12-15(23)10-11-21(18)26-22)13-19(24-25)17-9-5-7-14-6-3-4-8-16(14)17/h3-12,20H,13H2,1-2H3. The summed E-state index contributed by atoms with van der Waals surface area (Å²) in [5.41, 5.74) is 3.05. The van der Waals surface area contributed by atoms with Gasteiger partial charge in [0.2, 0.25) is 0 Å². The fourth-order valence-electron chi connectivity index (χ4n) is 4.08. The lowest BCUT2D eigenvalue weighted by Crippen LogP contribution is -2.48. The van der Waals surface area contributed by atoms with Crippen LogP contribution in [-0.4, -0.2) is 16.4 Å². The van der Waals surface area contributed by atoms with Gasteiger partial charge in [0, 0.05) is 22.0 Å². The first kappa shape index (κ1) is 15.9. The van der Waals surface area contributed by atoms with E-state index in [4.69, 9.17) is 9.84 Å². The van der Waals surface area contributed by atoms with Gasteiger partial charge in [0.05, 0.1) is 11.8 Å². The first-order chi connectivity index (χ1) is 12.5. The normalized spacial score (nSPS) is 20.3. The molecule has 0 aliphatic carbocycles. The Labute approximate surface area is 161 Å². The molecule has 130 valence electrons. The van der Waals surface area contributed by atoms with Crippen LogP contribution in [0.25, 0.3) is 10.8 Å². The zero-order valence-corrected chi connectivity index (χ0v) is 16.3. The van der Waals surface area contributed by atoms with Crippen molar-refractivity contribution in [3.8, 4) is 5.75 Å². The highest BCUT2D eigenvalue weighted by molar-refractivity contribution is 9.10. The third kappa shape index (κ3) is 2.36. The smallest absolute Gasteiger partial charge is 0.192 e. The van der Waals surface area contributed by atoms with E-state index in [2.05, 4.69) is 89.4 Å². The predicted molar refractivity (Wildman–Crippen MR) is 109 cm³/mol. The molecule has 0 N–H and O–H groups in total. The summed E-state index contributed by atoms with van der Waals surface area (Å²) < 4.78 is 7.33. The minimum atomic E-state index is -0.474. The number of hydrogen-bond donors (Lipinski definition) is 0. The van der Waals surface area contributed by atoms with Crippen LogP contribution < -0.4 is 4.74 Å². The Morgan fingerprint density at radius 2 is 1.88 bits per heavy atom. The van der Waals surface area contributed by atoms with E-state index < -0.39 is 5.72 Å². The van der Waals surface area contributed by atoms with Gasteiger partial charge in [0.1, 0.15) is 5.75 Å². The Kier molecular flexibility index (Phi) is 3.41. The fourth-order valence-corrected chi connectivity index (χ4v) is 4.46. The third-order valence-corrected chi connectivity index (χ3v) is 5.75. The van der Waals surface area contributed by atoms with Crippen LogP contribution in [0, 0.1) is 0 Å². The van der Waals surface area contributed by atoms with Gasteiger partial charge in [-0.3, -0.25) is 0 Å². The molecular formula is C22H19BrN2O. The van der Waals surface area contributed by atoms with E-state index >= 15 is 0 Å². The molecule has 1 atom stereocenters. The van der Waals surface area contributed by atoms with Crippen LogP contribution in [0.5, 0.6) is 5.75 Å². The average molecular weight is 407 g/mol. The van der Waals surface area contributed by atoms with E-state index in [0.29, 0.717) is 0 Å². The molecule has 3 aromatic rings. The molecule has 5 rings (SSSR count). The van der Waals surface area contributed by atoms with Crippen molar-refractivity contribution in [2.75, 3.05) is 0 Å². The number of nitrogens with zero attached hydrogens (tertiary/aromatic N) is 2. The quantitative estimate of drug-likeness (QED) is 0.503. The summed E-state index contributed by atoms with van der Waals surface area (Å²) in [6.45, 7) is 4.17. The summed E-state index contributed by atoms with van der Waals surface area (Å²) in [4.78, 5) is 0. The van der Waals surface area contributed by atoms with Gasteiger partial charge in [0.15, 0.2) is 5.72 Å². The van der Waals surface area contributed by atoms with E-state index in [0.717, 1.165) is 22.4 Å². The summed E-state index contributed by atoms with van der Waals surface area (Å²) >= 11 is 3.60. The van der Waals surface area contributed by atoms with Crippen molar-refractivity contribution < 1.29 is 4.74 Å². The molecule has 0 saturated carbocycles. The molecule has 26 heavy (non-hydrogen) atoms. The van der Waals surface area contributed by atoms with Gasteiger partial charge in [-0.05, 0) is 42.8 Å². The molecule has 0 amide bonds. The topological polar surface area (TPSA) is 24.8 Å². The predicted octanol–water partition coefficient (Wildman–Crippen LogP) is 5.88. The van der Waals surface area contributed by atoms with Gasteiger partial charge in [-0.15, -0.1) is 0 Å². The Bertz CT molecular complexity index is 1050. The highest BCUT2D eigenvalue weighted by Gasteiger charge is 2.45. The zero-order valence-electron chi connectivity index (χ0n) is 14.7. The molecule has 0 fully saturated rings. The molecule has 0 aromatic heterocycles. The van der Waals surface area contributed by atoms with Crippen molar-refractivity contribution in [2.24, 2.45) is 5.10 Å². The SMILES string of the molecule is CC1(C)Oc2ccc(Br)cc2C2CC(c3cccc4ccccc34)=NN21. The second kappa shape index (κ2) is 5.58. The van der Waals surface area contributed by atoms with Crippen LogP contribution in [-0.2, 0) is 0 Å². The molecule has 2 heterocycles. The molecule has 2 aliphatic rings. The second-order valence-electron chi connectivity index (χ2n) is 7.37. The molecule has 4 heteroatoms. The molecule has 0 saturated heterocycles. The monoisotopic (exact) mass is 406 g/mol. The van der Waals surface area contributed by atoms with E-state index in [-0.39, 0.29) is 6.04 Å². The lowest BCUT2D eigenvalue weighted by molar-refractivity contribution is -0.0911. The Balaban J connectivity index is 1.64.